The maximum Gasteiger partial charge on any atom is 0.347 e. The third kappa shape index (κ3) is 7.65. The minimum Gasteiger partial charge on any atom is -0.507 e. The van der Waals surface area contributed by atoms with Crippen molar-refractivity contribution in [3.63, 3.8) is 0 Å². The first-order valence-corrected chi connectivity index (χ1v) is 9.65. The van der Waals surface area contributed by atoms with E-state index >= 15 is 0 Å². The second-order valence-electron chi connectivity index (χ2n) is 6.44. The molecule has 164 valence electrons. The Hall–Kier alpha value is -3.87. The van der Waals surface area contributed by atoms with E-state index in [1.807, 2.05) is 12.1 Å². The monoisotopic (exact) mass is 476 g/mol. The molecule has 0 aliphatic rings. The Bertz CT molecular complexity index is 1080. The van der Waals surface area contributed by atoms with E-state index < -0.39 is 11.9 Å². The van der Waals surface area contributed by atoms with Crippen molar-refractivity contribution in [2.24, 2.45) is 0 Å². The molecule has 4 aromatic rings. The quantitative estimate of drug-likeness (QED) is 0.238. The first kappa shape index (κ1) is 25.4. The molecule has 0 unspecified atom stereocenters. The van der Waals surface area contributed by atoms with E-state index in [-0.39, 0.29) is 44.3 Å². The number of esters is 2. The van der Waals surface area contributed by atoms with Gasteiger partial charge in [0, 0.05) is 21.7 Å². The van der Waals surface area contributed by atoms with Gasteiger partial charge in [-0.3, -0.25) is 0 Å². The molecule has 4 rings (SSSR count). The van der Waals surface area contributed by atoms with Gasteiger partial charge in [-0.15, -0.1) is 0 Å². The molecule has 2 N–H and O–H groups in total. The van der Waals surface area contributed by atoms with Crippen LogP contribution in [0.15, 0.2) is 109 Å². The average molecular weight is 476 g/mol. The van der Waals surface area contributed by atoms with E-state index in [9.17, 15) is 19.8 Å². The molecule has 0 heterocycles. The maximum absolute atomic E-state index is 11.7. The molecule has 33 heavy (non-hydrogen) atoms. The zero-order valence-electron chi connectivity index (χ0n) is 17.4. The van der Waals surface area contributed by atoms with Crippen LogP contribution in [0.5, 0.6) is 23.0 Å². The Morgan fingerprint density at radius 2 is 0.788 bits per heavy atom. The van der Waals surface area contributed by atoms with Gasteiger partial charge >= 0.3 is 11.9 Å². The summed E-state index contributed by atoms with van der Waals surface area (Å²) in [6, 6.07) is 30.0. The topological polar surface area (TPSA) is 93.1 Å². The largest absolute Gasteiger partial charge is 0.507 e. The number of rotatable bonds is 4. The van der Waals surface area contributed by atoms with Crippen LogP contribution in [0.25, 0.3) is 0 Å². The number of ether oxygens (including phenoxy) is 2. The molecule has 0 saturated carbocycles. The number of para-hydroxylation sites is 4. The fourth-order valence-corrected chi connectivity index (χ4v) is 2.59. The van der Waals surface area contributed by atoms with Gasteiger partial charge in [-0.1, -0.05) is 60.7 Å². The molecule has 7 heteroatoms. The van der Waals surface area contributed by atoms with Crippen molar-refractivity contribution >= 4 is 11.9 Å². The predicted molar refractivity (Wildman–Crippen MR) is 119 cm³/mol. The molecule has 0 bridgehead atoms. The van der Waals surface area contributed by atoms with E-state index in [4.69, 9.17) is 9.47 Å². The number of hydrogen-bond donors (Lipinski definition) is 2. The number of phenols is 2. The van der Waals surface area contributed by atoms with Crippen LogP contribution < -0.4 is 9.47 Å². The SMILES string of the molecule is O=C(Oc1ccccc1)c1ccccc1O.O=C(Oc1ccccc1)c1ccccc1O.[Ti]. The summed E-state index contributed by atoms with van der Waals surface area (Å²) in [5.74, 6) is -0.382. The summed E-state index contributed by atoms with van der Waals surface area (Å²) < 4.78 is 10.2. The van der Waals surface area contributed by atoms with E-state index in [2.05, 4.69) is 0 Å². The van der Waals surface area contributed by atoms with Crippen molar-refractivity contribution in [2.75, 3.05) is 0 Å². The van der Waals surface area contributed by atoms with Gasteiger partial charge < -0.3 is 19.7 Å². The molecule has 6 nitrogen and oxygen atoms in total. The predicted octanol–water partition coefficient (Wildman–Crippen LogP) is 5.22. The molecule has 0 fully saturated rings. The second kappa shape index (κ2) is 12.9. The summed E-state index contributed by atoms with van der Waals surface area (Å²) >= 11 is 0. The molecular weight excluding hydrogens is 456 g/mol. The Labute approximate surface area is 205 Å². The van der Waals surface area contributed by atoms with Crippen LogP contribution in [0.3, 0.4) is 0 Å². The Balaban J connectivity index is 0.000000227. The molecule has 0 spiro atoms. The van der Waals surface area contributed by atoms with Gasteiger partial charge in [0.25, 0.3) is 0 Å². The van der Waals surface area contributed by atoms with Crippen LogP contribution >= 0.6 is 0 Å². The maximum atomic E-state index is 11.7. The number of carbonyl (C=O) groups excluding carboxylic acids is 2. The van der Waals surface area contributed by atoms with Crippen LogP contribution in [-0.2, 0) is 21.7 Å². The first-order valence-electron chi connectivity index (χ1n) is 9.65. The van der Waals surface area contributed by atoms with Crippen molar-refractivity contribution in [1.29, 1.82) is 0 Å². The Morgan fingerprint density at radius 1 is 0.485 bits per heavy atom. The van der Waals surface area contributed by atoms with Crippen LogP contribution in [0, 0.1) is 0 Å². The molecular formula is C26H20O6Ti. The van der Waals surface area contributed by atoms with Crippen molar-refractivity contribution < 1.29 is 51.0 Å². The standard InChI is InChI=1S/2C13H10O3.Ti/c2*14-12-9-5-4-8-11(12)13(15)16-10-6-2-1-3-7-10;/h2*1-9,14H;. The number of benzene rings is 4. The van der Waals surface area contributed by atoms with Crippen molar-refractivity contribution in [2.45, 2.75) is 0 Å². The minimum atomic E-state index is -0.565. The fourth-order valence-electron chi connectivity index (χ4n) is 2.59. The normalized spacial score (nSPS) is 9.45. The molecule has 0 atom stereocenters. The van der Waals surface area contributed by atoms with Gasteiger partial charge in [0.05, 0.1) is 0 Å². The summed E-state index contributed by atoms with van der Waals surface area (Å²) in [6.45, 7) is 0. The van der Waals surface area contributed by atoms with Gasteiger partial charge in [-0.25, -0.2) is 9.59 Å². The molecule has 0 aliphatic carbocycles. The van der Waals surface area contributed by atoms with Gasteiger partial charge in [0.1, 0.15) is 34.1 Å². The van der Waals surface area contributed by atoms with Crippen LogP contribution in [0.1, 0.15) is 20.7 Å². The molecule has 0 radical (unpaired) electrons. The molecule has 0 saturated heterocycles. The zero-order valence-corrected chi connectivity index (χ0v) is 19.0. The van der Waals surface area contributed by atoms with E-state index in [0.717, 1.165) is 0 Å². The third-order valence-corrected chi connectivity index (χ3v) is 4.16. The molecule has 0 aliphatic heterocycles. The summed E-state index contributed by atoms with van der Waals surface area (Å²) in [7, 11) is 0. The van der Waals surface area contributed by atoms with Crippen molar-refractivity contribution in [3.8, 4) is 23.0 Å². The Kier molecular flexibility index (Phi) is 9.90. The Morgan fingerprint density at radius 3 is 1.12 bits per heavy atom. The van der Waals surface area contributed by atoms with Crippen molar-refractivity contribution in [3.05, 3.63) is 120 Å². The number of phenolic OH excluding ortho intramolecular Hbond substituents is 2. The summed E-state index contributed by atoms with van der Waals surface area (Å²) in [5.41, 5.74) is 0.317. The zero-order chi connectivity index (χ0) is 22.8. The van der Waals surface area contributed by atoms with Crippen LogP contribution in [0.4, 0.5) is 0 Å². The average Bonchev–Trinajstić information content (AvgIpc) is 2.81. The summed E-state index contributed by atoms with van der Waals surface area (Å²) in [5, 5.41) is 18.9. The van der Waals surface area contributed by atoms with Gasteiger partial charge in [0.2, 0.25) is 0 Å². The number of hydrogen-bond acceptors (Lipinski definition) is 6. The van der Waals surface area contributed by atoms with E-state index in [1.165, 1.54) is 24.3 Å². The number of aromatic hydroxyl groups is 2. The minimum absolute atomic E-state index is 0. The molecule has 0 amide bonds. The van der Waals surface area contributed by atoms with Gasteiger partial charge in [0.15, 0.2) is 0 Å². The van der Waals surface area contributed by atoms with Crippen molar-refractivity contribution in [1.82, 2.24) is 0 Å². The van der Waals surface area contributed by atoms with E-state index in [1.54, 1.807) is 72.8 Å². The third-order valence-electron chi connectivity index (χ3n) is 4.16. The van der Waals surface area contributed by atoms with Crippen LogP contribution in [0.2, 0.25) is 0 Å². The first-order chi connectivity index (χ1) is 15.5. The molecule has 4 aromatic carbocycles. The fraction of sp³-hybridized carbons (Fsp3) is 0. The summed E-state index contributed by atoms with van der Waals surface area (Å²) in [6.07, 6.45) is 0. The van der Waals surface area contributed by atoms with Gasteiger partial charge in [-0.05, 0) is 48.5 Å². The van der Waals surface area contributed by atoms with Gasteiger partial charge in [-0.2, -0.15) is 0 Å². The van der Waals surface area contributed by atoms with E-state index in [0.29, 0.717) is 11.5 Å². The molecule has 0 aromatic heterocycles. The van der Waals surface area contributed by atoms with Crippen LogP contribution in [-0.4, -0.2) is 22.2 Å². The summed E-state index contributed by atoms with van der Waals surface area (Å²) in [4.78, 5) is 23.3. The smallest absolute Gasteiger partial charge is 0.347 e. The second-order valence-corrected chi connectivity index (χ2v) is 6.44. The number of carbonyl (C=O) groups is 2.